The van der Waals surface area contributed by atoms with Crippen LogP contribution in [0, 0.1) is 11.8 Å². The Balaban J connectivity index is 1.80. The van der Waals surface area contributed by atoms with Crippen molar-refractivity contribution in [2.75, 3.05) is 13.7 Å². The van der Waals surface area contributed by atoms with E-state index in [1.54, 1.807) is 12.1 Å². The number of benzene rings is 1. The lowest BCUT2D eigenvalue weighted by Gasteiger charge is -2.21. The lowest BCUT2D eigenvalue weighted by molar-refractivity contribution is -0.132. The maximum atomic E-state index is 12.5. The Morgan fingerprint density at radius 3 is 2.71 bits per heavy atom. The Kier molecular flexibility index (Phi) is 7.91. The second kappa shape index (κ2) is 10.2. The van der Waals surface area contributed by atoms with E-state index in [0.29, 0.717) is 31.1 Å². The molecule has 0 saturated carbocycles. The predicted octanol–water partition coefficient (Wildman–Crippen LogP) is 4.31. The van der Waals surface area contributed by atoms with E-state index in [1.165, 1.54) is 12.0 Å². The minimum absolute atomic E-state index is 0.146. The maximum absolute atomic E-state index is 12.5. The summed E-state index contributed by atoms with van der Waals surface area (Å²) in [5.41, 5.74) is 1.06. The molecule has 0 aromatic heterocycles. The van der Waals surface area contributed by atoms with Gasteiger partial charge in [0.15, 0.2) is 11.5 Å². The third-order valence-electron chi connectivity index (χ3n) is 5.11. The minimum Gasteiger partial charge on any atom is -0.504 e. The van der Waals surface area contributed by atoms with Gasteiger partial charge in [0.2, 0.25) is 5.91 Å². The molecule has 1 aliphatic heterocycles. The SMILES string of the molecule is CC[C@H]1COC(=O)N1C(=O)[C@H](C)C/C=C/C[C@@H](C)Cc1ccc(OC)c(O)c1. The average Bonchev–Trinajstić information content (AvgIpc) is 3.05. The number of phenols is 1. The van der Waals surface area contributed by atoms with Gasteiger partial charge in [-0.15, -0.1) is 0 Å². The maximum Gasteiger partial charge on any atom is 0.416 e. The number of carbonyl (C=O) groups is 2. The highest BCUT2D eigenvalue weighted by atomic mass is 16.6. The third-order valence-corrected chi connectivity index (χ3v) is 5.11. The second-order valence-corrected chi connectivity index (χ2v) is 7.51. The number of aromatic hydroxyl groups is 1. The fourth-order valence-electron chi connectivity index (χ4n) is 3.35. The number of amides is 2. The molecule has 1 heterocycles. The zero-order valence-corrected chi connectivity index (χ0v) is 17.2. The molecule has 3 atom stereocenters. The van der Waals surface area contributed by atoms with Crippen molar-refractivity contribution in [2.45, 2.75) is 52.5 Å². The molecule has 0 unspecified atom stereocenters. The van der Waals surface area contributed by atoms with Crippen molar-refractivity contribution in [2.24, 2.45) is 11.8 Å². The van der Waals surface area contributed by atoms with E-state index in [2.05, 4.69) is 13.0 Å². The van der Waals surface area contributed by atoms with Crippen molar-refractivity contribution < 1.29 is 24.2 Å². The molecule has 0 radical (unpaired) electrons. The van der Waals surface area contributed by atoms with Crippen molar-refractivity contribution in [1.29, 1.82) is 0 Å². The van der Waals surface area contributed by atoms with Crippen LogP contribution in [0.15, 0.2) is 30.4 Å². The number of phenolic OH excluding ortho intramolecular Hbond substituents is 1. The zero-order chi connectivity index (χ0) is 20.7. The lowest BCUT2D eigenvalue weighted by atomic mass is 9.97. The van der Waals surface area contributed by atoms with Gasteiger partial charge in [-0.05, 0) is 49.3 Å². The molecule has 0 bridgehead atoms. The van der Waals surface area contributed by atoms with Crippen LogP contribution in [0.2, 0.25) is 0 Å². The number of cyclic esters (lactones) is 1. The Bertz CT molecular complexity index is 715. The van der Waals surface area contributed by atoms with Crippen LogP contribution in [0.3, 0.4) is 0 Å². The number of carbonyl (C=O) groups excluding carboxylic acids is 2. The van der Waals surface area contributed by atoms with Gasteiger partial charge in [-0.25, -0.2) is 9.69 Å². The van der Waals surface area contributed by atoms with Gasteiger partial charge in [0, 0.05) is 5.92 Å². The summed E-state index contributed by atoms with van der Waals surface area (Å²) in [6, 6.07) is 5.32. The molecule has 2 rings (SSSR count). The summed E-state index contributed by atoms with van der Waals surface area (Å²) in [7, 11) is 1.53. The van der Waals surface area contributed by atoms with E-state index in [9.17, 15) is 14.7 Å². The first-order chi connectivity index (χ1) is 13.4. The number of ether oxygens (including phenoxy) is 2. The number of hydrogen-bond donors (Lipinski definition) is 1. The number of hydrogen-bond acceptors (Lipinski definition) is 5. The quantitative estimate of drug-likeness (QED) is 0.637. The largest absolute Gasteiger partial charge is 0.504 e. The first-order valence-electron chi connectivity index (χ1n) is 9.88. The monoisotopic (exact) mass is 389 g/mol. The van der Waals surface area contributed by atoms with Crippen LogP contribution < -0.4 is 4.74 Å². The molecule has 1 N–H and O–H groups in total. The molecule has 1 saturated heterocycles. The van der Waals surface area contributed by atoms with Crippen LogP contribution in [-0.2, 0) is 16.0 Å². The highest BCUT2D eigenvalue weighted by molar-refractivity contribution is 5.94. The van der Waals surface area contributed by atoms with Gasteiger partial charge < -0.3 is 14.6 Å². The highest BCUT2D eigenvalue weighted by Crippen LogP contribution is 2.27. The zero-order valence-electron chi connectivity index (χ0n) is 17.2. The first kappa shape index (κ1) is 21.8. The molecule has 1 aromatic rings. The summed E-state index contributed by atoms with van der Waals surface area (Å²) >= 11 is 0. The number of methoxy groups -OCH3 is 1. The van der Waals surface area contributed by atoms with Crippen LogP contribution in [-0.4, -0.2) is 41.8 Å². The molecule has 6 nitrogen and oxygen atoms in total. The molecular formula is C22H31NO5. The van der Waals surface area contributed by atoms with Crippen LogP contribution in [0.4, 0.5) is 4.79 Å². The Hall–Kier alpha value is -2.50. The fraction of sp³-hybridized carbons (Fsp3) is 0.545. The van der Waals surface area contributed by atoms with Crippen LogP contribution in [0.1, 0.15) is 45.6 Å². The van der Waals surface area contributed by atoms with Gasteiger partial charge in [0.1, 0.15) is 6.61 Å². The second-order valence-electron chi connectivity index (χ2n) is 7.51. The number of rotatable bonds is 9. The predicted molar refractivity (Wildman–Crippen MR) is 107 cm³/mol. The normalized spacial score (nSPS) is 18.9. The molecule has 1 aliphatic rings. The summed E-state index contributed by atoms with van der Waals surface area (Å²) in [5.74, 6) is 0.599. The fourth-order valence-corrected chi connectivity index (χ4v) is 3.35. The lowest BCUT2D eigenvalue weighted by Crippen LogP contribution is -2.41. The average molecular weight is 389 g/mol. The van der Waals surface area contributed by atoms with Crippen LogP contribution >= 0.6 is 0 Å². The summed E-state index contributed by atoms with van der Waals surface area (Å²) in [6.45, 7) is 6.23. The van der Waals surface area contributed by atoms with E-state index < -0.39 is 6.09 Å². The molecule has 28 heavy (non-hydrogen) atoms. The molecule has 0 spiro atoms. The summed E-state index contributed by atoms with van der Waals surface area (Å²) in [5, 5.41) is 9.87. The number of imide groups is 1. The summed E-state index contributed by atoms with van der Waals surface area (Å²) < 4.78 is 10.1. The molecular weight excluding hydrogens is 358 g/mol. The van der Waals surface area contributed by atoms with E-state index >= 15 is 0 Å². The van der Waals surface area contributed by atoms with E-state index in [4.69, 9.17) is 9.47 Å². The number of allylic oxidation sites excluding steroid dienone is 2. The Morgan fingerprint density at radius 2 is 2.07 bits per heavy atom. The van der Waals surface area contributed by atoms with Gasteiger partial charge in [-0.2, -0.15) is 0 Å². The Morgan fingerprint density at radius 1 is 1.36 bits per heavy atom. The van der Waals surface area contributed by atoms with Crippen LogP contribution in [0.5, 0.6) is 11.5 Å². The van der Waals surface area contributed by atoms with Crippen molar-refractivity contribution in [3.8, 4) is 11.5 Å². The van der Waals surface area contributed by atoms with E-state index in [-0.39, 0.29) is 23.6 Å². The molecule has 1 fully saturated rings. The third kappa shape index (κ3) is 5.50. The minimum atomic E-state index is -0.524. The number of nitrogens with zero attached hydrogens (tertiary/aromatic N) is 1. The first-order valence-corrected chi connectivity index (χ1v) is 9.88. The molecule has 2 amide bonds. The summed E-state index contributed by atoms with van der Waals surface area (Å²) in [6.07, 6.45) is 6.58. The molecule has 6 heteroatoms. The smallest absolute Gasteiger partial charge is 0.416 e. The van der Waals surface area contributed by atoms with Crippen molar-refractivity contribution in [3.05, 3.63) is 35.9 Å². The highest BCUT2D eigenvalue weighted by Gasteiger charge is 2.38. The van der Waals surface area contributed by atoms with Gasteiger partial charge in [-0.3, -0.25) is 4.79 Å². The van der Waals surface area contributed by atoms with Crippen molar-refractivity contribution >= 4 is 12.0 Å². The summed E-state index contributed by atoms with van der Waals surface area (Å²) in [4.78, 5) is 25.6. The van der Waals surface area contributed by atoms with E-state index in [1.807, 2.05) is 26.0 Å². The van der Waals surface area contributed by atoms with E-state index in [0.717, 1.165) is 18.4 Å². The van der Waals surface area contributed by atoms with Gasteiger partial charge >= 0.3 is 6.09 Å². The van der Waals surface area contributed by atoms with Crippen molar-refractivity contribution in [3.63, 3.8) is 0 Å². The standard InChI is InChI=1S/C22H31NO5/c1-5-18-14-28-22(26)23(18)21(25)16(3)9-7-6-8-15(2)12-17-10-11-20(27-4)19(24)13-17/h6-7,10-11,13,15-16,18,24H,5,8-9,12,14H2,1-4H3/b7-6+/t15-,16-,18+/m1/s1. The van der Waals surface area contributed by atoms with Gasteiger partial charge in [0.25, 0.3) is 0 Å². The molecule has 1 aromatic carbocycles. The van der Waals surface area contributed by atoms with Gasteiger partial charge in [-0.1, -0.05) is 39.0 Å². The van der Waals surface area contributed by atoms with Crippen LogP contribution in [0.25, 0.3) is 0 Å². The topological polar surface area (TPSA) is 76.1 Å². The Labute approximate surface area is 167 Å². The molecule has 0 aliphatic carbocycles. The molecule has 154 valence electrons. The van der Waals surface area contributed by atoms with Gasteiger partial charge in [0.05, 0.1) is 13.2 Å². The van der Waals surface area contributed by atoms with Crippen molar-refractivity contribution in [1.82, 2.24) is 4.90 Å².